The molecule has 0 aliphatic heterocycles. The van der Waals surface area contributed by atoms with Crippen molar-refractivity contribution in [3.05, 3.63) is 59.2 Å². The Morgan fingerprint density at radius 1 is 1.00 bits per heavy atom. The van der Waals surface area contributed by atoms with Crippen molar-refractivity contribution in [3.8, 4) is 5.75 Å². The van der Waals surface area contributed by atoms with Crippen LogP contribution in [0.15, 0.2) is 42.5 Å². The summed E-state index contributed by atoms with van der Waals surface area (Å²) < 4.78 is 31.9. The number of nitrogens with one attached hydrogen (secondary N) is 1. The Bertz CT molecular complexity index is 1130. The monoisotopic (exact) mass is 503 g/mol. The normalized spacial score (nSPS) is 12.2. The van der Waals surface area contributed by atoms with E-state index in [2.05, 4.69) is 5.32 Å². The molecule has 0 aliphatic rings. The maximum atomic E-state index is 13.6. The van der Waals surface area contributed by atoms with Gasteiger partial charge in [0.05, 0.1) is 19.1 Å². The number of hydrogen-bond acceptors (Lipinski definition) is 5. The topological polar surface area (TPSA) is 96.0 Å². The van der Waals surface area contributed by atoms with Crippen LogP contribution in [-0.4, -0.2) is 57.6 Å². The molecule has 2 aromatic rings. The number of benzene rings is 2. The van der Waals surface area contributed by atoms with Crippen molar-refractivity contribution in [3.63, 3.8) is 0 Å². The van der Waals surface area contributed by atoms with Crippen LogP contribution in [0.5, 0.6) is 5.75 Å². The highest BCUT2D eigenvalue weighted by Crippen LogP contribution is 2.31. The predicted octanol–water partition coefficient (Wildman–Crippen LogP) is 3.27. The molecule has 0 bridgehead atoms. The lowest BCUT2D eigenvalue weighted by Gasteiger charge is -2.32. The molecule has 1 atom stereocenters. The van der Waals surface area contributed by atoms with E-state index in [0.717, 1.165) is 27.3 Å². The number of carbonyl (C=O) groups is 2. The lowest BCUT2D eigenvalue weighted by Crippen LogP contribution is -2.51. The Kier molecular flexibility index (Phi) is 9.71. The molecule has 2 aromatic carbocycles. The van der Waals surface area contributed by atoms with Crippen LogP contribution in [0.4, 0.5) is 5.69 Å². The van der Waals surface area contributed by atoms with E-state index in [0.29, 0.717) is 12.3 Å². The average Bonchev–Trinajstić information content (AvgIpc) is 2.79. The van der Waals surface area contributed by atoms with Crippen molar-refractivity contribution in [2.24, 2.45) is 5.92 Å². The predicted molar refractivity (Wildman–Crippen MR) is 139 cm³/mol. The molecule has 0 unspecified atom stereocenters. The summed E-state index contributed by atoms with van der Waals surface area (Å²) in [7, 11) is -2.39. The summed E-state index contributed by atoms with van der Waals surface area (Å²) in [5.74, 6) is -0.200. The minimum absolute atomic E-state index is 0.165. The zero-order chi connectivity index (χ0) is 26.3. The fourth-order valence-electron chi connectivity index (χ4n) is 3.51. The molecule has 35 heavy (non-hydrogen) atoms. The van der Waals surface area contributed by atoms with Crippen molar-refractivity contribution in [2.45, 2.75) is 47.2 Å². The number of amides is 2. The highest BCUT2D eigenvalue weighted by molar-refractivity contribution is 7.92. The lowest BCUT2D eigenvalue weighted by atomic mass is 10.1. The maximum absolute atomic E-state index is 13.6. The van der Waals surface area contributed by atoms with E-state index < -0.39 is 28.5 Å². The molecule has 0 fully saturated rings. The van der Waals surface area contributed by atoms with E-state index >= 15 is 0 Å². The fourth-order valence-corrected chi connectivity index (χ4v) is 4.36. The minimum Gasteiger partial charge on any atom is -0.495 e. The smallest absolute Gasteiger partial charge is 0.244 e. The molecule has 0 heterocycles. The number of anilines is 1. The van der Waals surface area contributed by atoms with Crippen LogP contribution < -0.4 is 14.4 Å². The van der Waals surface area contributed by atoms with E-state index in [9.17, 15) is 18.0 Å². The second-order valence-corrected chi connectivity index (χ2v) is 11.2. The van der Waals surface area contributed by atoms with Crippen molar-refractivity contribution < 1.29 is 22.7 Å². The van der Waals surface area contributed by atoms with E-state index in [4.69, 9.17) is 4.74 Å². The van der Waals surface area contributed by atoms with Gasteiger partial charge >= 0.3 is 0 Å². The second kappa shape index (κ2) is 12.1. The first-order valence-electron chi connectivity index (χ1n) is 11.6. The van der Waals surface area contributed by atoms with Gasteiger partial charge in [-0.1, -0.05) is 49.7 Å². The van der Waals surface area contributed by atoms with E-state index in [1.54, 1.807) is 25.1 Å². The Morgan fingerprint density at radius 3 is 2.14 bits per heavy atom. The third-order valence-corrected chi connectivity index (χ3v) is 6.73. The number of methoxy groups -OCH3 is 1. The Balaban J connectivity index is 2.43. The van der Waals surface area contributed by atoms with Gasteiger partial charge in [-0.2, -0.15) is 0 Å². The molecule has 0 spiro atoms. The molecule has 192 valence electrons. The second-order valence-electron chi connectivity index (χ2n) is 9.27. The zero-order valence-electron chi connectivity index (χ0n) is 21.7. The molecule has 1 N–H and O–H groups in total. The number of sulfonamides is 1. The first-order valence-corrected chi connectivity index (χ1v) is 13.4. The summed E-state index contributed by atoms with van der Waals surface area (Å²) in [6.07, 6.45) is 1.05. The molecule has 0 aromatic heterocycles. The molecule has 8 nitrogen and oxygen atoms in total. The van der Waals surface area contributed by atoms with E-state index in [1.807, 2.05) is 52.0 Å². The van der Waals surface area contributed by atoms with Gasteiger partial charge < -0.3 is 15.0 Å². The zero-order valence-corrected chi connectivity index (χ0v) is 22.5. The minimum atomic E-state index is -3.84. The van der Waals surface area contributed by atoms with Gasteiger partial charge in [0.15, 0.2) is 0 Å². The van der Waals surface area contributed by atoms with Gasteiger partial charge in [-0.3, -0.25) is 13.9 Å². The molecule has 0 saturated heterocycles. The van der Waals surface area contributed by atoms with Crippen molar-refractivity contribution in [1.29, 1.82) is 0 Å². The molecule has 0 radical (unpaired) electrons. The van der Waals surface area contributed by atoms with E-state index in [1.165, 1.54) is 12.0 Å². The molecule has 9 heteroatoms. The summed E-state index contributed by atoms with van der Waals surface area (Å²) in [5.41, 5.74) is 3.01. The number of hydrogen-bond donors (Lipinski definition) is 1. The molecular formula is C26H37N3O5S. The summed E-state index contributed by atoms with van der Waals surface area (Å²) in [6, 6.07) is 12.0. The number of nitrogens with zero attached hydrogens (tertiary/aromatic N) is 2. The van der Waals surface area contributed by atoms with Gasteiger partial charge in [0.25, 0.3) is 0 Å². The van der Waals surface area contributed by atoms with Crippen LogP contribution in [0.2, 0.25) is 0 Å². The molecule has 0 saturated carbocycles. The molecule has 0 aliphatic carbocycles. The molecule has 2 amide bonds. The van der Waals surface area contributed by atoms with Gasteiger partial charge in [-0.15, -0.1) is 0 Å². The Labute approximate surface area is 209 Å². The summed E-state index contributed by atoms with van der Waals surface area (Å²) in [5, 5.41) is 2.87. The van der Waals surface area contributed by atoms with Gasteiger partial charge in [-0.05, 0) is 49.9 Å². The maximum Gasteiger partial charge on any atom is 0.244 e. The third kappa shape index (κ3) is 7.99. The van der Waals surface area contributed by atoms with E-state index in [-0.39, 0.29) is 24.1 Å². The largest absolute Gasteiger partial charge is 0.495 e. The summed E-state index contributed by atoms with van der Waals surface area (Å²) in [6.45, 7) is 9.60. The standard InChI is InChI=1S/C26H37N3O5S/c1-18(2)15-27-26(31)21(5)28(16-22-11-8-19(3)9-12-22)25(30)17-29(35(7,32)33)23-14-20(4)10-13-24(23)34-6/h8-14,18,21H,15-17H2,1-7H3,(H,27,31)/t21-/m1/s1. The van der Waals surface area contributed by atoms with Crippen LogP contribution in [0.3, 0.4) is 0 Å². The average molecular weight is 504 g/mol. The van der Waals surface area contributed by atoms with Crippen molar-refractivity contribution in [2.75, 3.05) is 30.8 Å². The molecular weight excluding hydrogens is 466 g/mol. The third-order valence-electron chi connectivity index (χ3n) is 5.61. The first kappa shape index (κ1) is 28.2. The van der Waals surface area contributed by atoms with Crippen LogP contribution in [0, 0.1) is 19.8 Å². The lowest BCUT2D eigenvalue weighted by molar-refractivity contribution is -0.139. The number of carbonyl (C=O) groups excluding carboxylic acids is 2. The van der Waals surface area contributed by atoms with Crippen LogP contribution in [0.1, 0.15) is 37.5 Å². The number of rotatable bonds is 11. The quantitative estimate of drug-likeness (QED) is 0.508. The number of ether oxygens (including phenoxy) is 1. The number of aryl methyl sites for hydroxylation is 2. The first-order chi connectivity index (χ1) is 16.3. The highest BCUT2D eigenvalue weighted by atomic mass is 32.2. The fraction of sp³-hybridized carbons (Fsp3) is 0.462. The summed E-state index contributed by atoms with van der Waals surface area (Å²) >= 11 is 0. The highest BCUT2D eigenvalue weighted by Gasteiger charge is 2.31. The van der Waals surface area contributed by atoms with Gasteiger partial charge in [0, 0.05) is 13.1 Å². The van der Waals surface area contributed by atoms with Crippen molar-refractivity contribution >= 4 is 27.5 Å². The van der Waals surface area contributed by atoms with Crippen LogP contribution in [-0.2, 0) is 26.2 Å². The van der Waals surface area contributed by atoms with Crippen molar-refractivity contribution in [1.82, 2.24) is 10.2 Å². The van der Waals surface area contributed by atoms with Gasteiger partial charge in [0.1, 0.15) is 18.3 Å². The SMILES string of the molecule is COc1ccc(C)cc1N(CC(=O)N(Cc1ccc(C)cc1)[C@H](C)C(=O)NCC(C)C)S(C)(=O)=O. The molecule has 2 rings (SSSR count). The van der Waals surface area contributed by atoms with Gasteiger partial charge in [0.2, 0.25) is 21.8 Å². The summed E-state index contributed by atoms with van der Waals surface area (Å²) in [4.78, 5) is 27.9. The van der Waals surface area contributed by atoms with Gasteiger partial charge in [-0.25, -0.2) is 8.42 Å². The van der Waals surface area contributed by atoms with Crippen LogP contribution >= 0.6 is 0 Å². The van der Waals surface area contributed by atoms with Crippen LogP contribution in [0.25, 0.3) is 0 Å². The Hall–Kier alpha value is -3.07. The Morgan fingerprint density at radius 2 is 1.60 bits per heavy atom.